The molecule has 0 spiro atoms. The van der Waals surface area contributed by atoms with Crippen LogP contribution < -0.4 is 14.8 Å². The molecule has 0 saturated carbocycles. The summed E-state index contributed by atoms with van der Waals surface area (Å²) in [4.78, 5) is 12.3. The van der Waals surface area contributed by atoms with Crippen molar-refractivity contribution in [2.75, 3.05) is 19.0 Å². The highest BCUT2D eigenvalue weighted by Gasteiger charge is 2.12. The van der Waals surface area contributed by atoms with Crippen molar-refractivity contribution < 1.29 is 14.3 Å². The topological polar surface area (TPSA) is 65.4 Å². The second-order valence-electron chi connectivity index (χ2n) is 6.49. The van der Waals surface area contributed by atoms with Crippen LogP contribution in [0.5, 0.6) is 11.5 Å². The van der Waals surface area contributed by atoms with Gasteiger partial charge in [0.25, 0.3) is 0 Å². The molecule has 0 aliphatic rings. The van der Waals surface area contributed by atoms with Crippen molar-refractivity contribution in [3.05, 3.63) is 40.7 Å². The first-order valence-corrected chi connectivity index (χ1v) is 9.26. The van der Waals surface area contributed by atoms with E-state index in [0.717, 1.165) is 17.8 Å². The molecule has 1 aromatic carbocycles. The first-order chi connectivity index (χ1) is 12.8. The van der Waals surface area contributed by atoms with Gasteiger partial charge in [-0.25, -0.2) is 0 Å². The molecule has 6 nitrogen and oxygen atoms in total. The lowest BCUT2D eigenvalue weighted by atomic mass is 10.2. The second-order valence-corrected chi connectivity index (χ2v) is 6.85. The lowest BCUT2D eigenvalue weighted by Crippen LogP contribution is -2.08. The van der Waals surface area contributed by atoms with Crippen molar-refractivity contribution in [2.24, 2.45) is 5.92 Å². The number of halogens is 1. The Kier molecular flexibility index (Phi) is 7.30. The Balaban J connectivity index is 2.11. The normalized spacial score (nSPS) is 11.2. The van der Waals surface area contributed by atoms with Crippen LogP contribution in [0, 0.1) is 12.8 Å². The number of benzene rings is 1. The lowest BCUT2D eigenvalue weighted by Gasteiger charge is -2.11. The average Bonchev–Trinajstić information content (AvgIpc) is 2.87. The van der Waals surface area contributed by atoms with Gasteiger partial charge in [0.05, 0.1) is 19.4 Å². The zero-order chi connectivity index (χ0) is 20.0. The van der Waals surface area contributed by atoms with E-state index < -0.39 is 0 Å². The summed E-state index contributed by atoms with van der Waals surface area (Å²) in [5.74, 6) is 1.35. The van der Waals surface area contributed by atoms with Gasteiger partial charge in [0.15, 0.2) is 11.5 Å². The van der Waals surface area contributed by atoms with Crippen LogP contribution in [0.25, 0.3) is 6.08 Å². The fourth-order valence-corrected chi connectivity index (χ4v) is 2.89. The number of nitrogens with one attached hydrogen (secondary N) is 1. The highest BCUT2D eigenvalue weighted by Crippen LogP contribution is 2.30. The predicted molar refractivity (Wildman–Crippen MR) is 109 cm³/mol. The van der Waals surface area contributed by atoms with Crippen LogP contribution >= 0.6 is 11.6 Å². The Labute approximate surface area is 165 Å². The van der Waals surface area contributed by atoms with Gasteiger partial charge in [-0.15, -0.1) is 0 Å². The SMILES string of the molecule is CCOc1ccc(NC(=O)/C=C/c2c(C)nn(CC(C)C)c2Cl)cc1OC. The van der Waals surface area contributed by atoms with E-state index in [1.165, 1.54) is 6.08 Å². The Bertz CT molecular complexity index is 828. The largest absolute Gasteiger partial charge is 0.493 e. The third kappa shape index (κ3) is 5.50. The first kappa shape index (κ1) is 20.8. The number of rotatable bonds is 8. The van der Waals surface area contributed by atoms with E-state index in [4.69, 9.17) is 21.1 Å². The van der Waals surface area contributed by atoms with Gasteiger partial charge in [-0.3, -0.25) is 9.48 Å². The molecule has 146 valence electrons. The molecule has 7 heteroatoms. The minimum Gasteiger partial charge on any atom is -0.493 e. The van der Waals surface area contributed by atoms with Crippen LogP contribution in [-0.4, -0.2) is 29.4 Å². The van der Waals surface area contributed by atoms with E-state index in [1.54, 1.807) is 36.1 Å². The fourth-order valence-electron chi connectivity index (χ4n) is 2.59. The third-order valence-corrected chi connectivity index (χ3v) is 4.18. The number of methoxy groups -OCH3 is 1. The van der Waals surface area contributed by atoms with Crippen LogP contribution in [0.2, 0.25) is 5.15 Å². The Hall–Kier alpha value is -2.47. The molecule has 0 unspecified atom stereocenters. The molecule has 0 fully saturated rings. The molecule has 2 rings (SSSR count). The summed E-state index contributed by atoms with van der Waals surface area (Å²) in [6.45, 7) is 9.23. The van der Waals surface area contributed by atoms with Crippen molar-refractivity contribution >= 4 is 29.3 Å². The highest BCUT2D eigenvalue weighted by molar-refractivity contribution is 6.31. The Morgan fingerprint density at radius 3 is 2.74 bits per heavy atom. The summed E-state index contributed by atoms with van der Waals surface area (Å²) in [6, 6.07) is 5.24. The van der Waals surface area contributed by atoms with Gasteiger partial charge < -0.3 is 14.8 Å². The van der Waals surface area contributed by atoms with Crippen molar-refractivity contribution in [3.8, 4) is 11.5 Å². The maximum atomic E-state index is 12.3. The number of aromatic nitrogens is 2. The van der Waals surface area contributed by atoms with Crippen LogP contribution in [-0.2, 0) is 11.3 Å². The van der Waals surface area contributed by atoms with Crippen LogP contribution in [0.1, 0.15) is 32.0 Å². The maximum absolute atomic E-state index is 12.3. The summed E-state index contributed by atoms with van der Waals surface area (Å²) < 4.78 is 12.5. The minimum atomic E-state index is -0.270. The molecule has 0 saturated heterocycles. The molecule has 0 radical (unpaired) electrons. The number of anilines is 1. The van der Waals surface area contributed by atoms with Crippen LogP contribution in [0.15, 0.2) is 24.3 Å². The van der Waals surface area contributed by atoms with E-state index in [2.05, 4.69) is 24.3 Å². The third-order valence-electron chi connectivity index (χ3n) is 3.78. The molecular formula is C20H26ClN3O3. The second kappa shape index (κ2) is 9.46. The molecule has 1 amide bonds. The fraction of sp³-hybridized carbons (Fsp3) is 0.400. The molecule has 2 aromatic rings. The summed E-state index contributed by atoms with van der Waals surface area (Å²) in [5, 5.41) is 7.77. The minimum absolute atomic E-state index is 0.270. The Morgan fingerprint density at radius 1 is 1.37 bits per heavy atom. The molecule has 0 bridgehead atoms. The molecule has 0 aliphatic carbocycles. The van der Waals surface area contributed by atoms with E-state index in [1.807, 2.05) is 13.8 Å². The summed E-state index contributed by atoms with van der Waals surface area (Å²) in [7, 11) is 1.56. The standard InChI is InChI=1S/C20H26ClN3O3/c1-6-27-17-9-7-15(11-18(17)26-5)22-19(25)10-8-16-14(4)23-24(20(16)21)12-13(2)3/h7-11,13H,6,12H2,1-5H3,(H,22,25)/b10-8+. The lowest BCUT2D eigenvalue weighted by molar-refractivity contribution is -0.111. The number of hydrogen-bond donors (Lipinski definition) is 1. The van der Waals surface area contributed by atoms with Crippen LogP contribution in [0.4, 0.5) is 5.69 Å². The van der Waals surface area contributed by atoms with Crippen molar-refractivity contribution in [1.82, 2.24) is 9.78 Å². The van der Waals surface area contributed by atoms with Crippen molar-refractivity contribution in [2.45, 2.75) is 34.2 Å². The quantitative estimate of drug-likeness (QED) is 0.670. The first-order valence-electron chi connectivity index (χ1n) is 8.88. The number of amides is 1. The number of carbonyl (C=O) groups excluding carboxylic acids is 1. The number of nitrogens with zero attached hydrogens (tertiary/aromatic N) is 2. The predicted octanol–water partition coefficient (Wildman–Crippen LogP) is 4.56. The summed E-state index contributed by atoms with van der Waals surface area (Å²) in [5.41, 5.74) is 2.15. The molecule has 0 aliphatic heterocycles. The highest BCUT2D eigenvalue weighted by atomic mass is 35.5. The zero-order valence-electron chi connectivity index (χ0n) is 16.4. The van der Waals surface area contributed by atoms with E-state index >= 15 is 0 Å². The zero-order valence-corrected chi connectivity index (χ0v) is 17.1. The van der Waals surface area contributed by atoms with E-state index in [0.29, 0.717) is 34.9 Å². The molecule has 1 N–H and O–H groups in total. The molecule has 1 aromatic heterocycles. The molecule has 0 atom stereocenters. The monoisotopic (exact) mass is 391 g/mol. The van der Waals surface area contributed by atoms with Gasteiger partial charge in [0.1, 0.15) is 5.15 Å². The van der Waals surface area contributed by atoms with Gasteiger partial charge in [0.2, 0.25) is 5.91 Å². The number of ether oxygens (including phenoxy) is 2. The van der Waals surface area contributed by atoms with Crippen LogP contribution in [0.3, 0.4) is 0 Å². The molecule has 27 heavy (non-hydrogen) atoms. The van der Waals surface area contributed by atoms with Crippen molar-refractivity contribution in [3.63, 3.8) is 0 Å². The van der Waals surface area contributed by atoms with E-state index in [9.17, 15) is 4.79 Å². The molecule has 1 heterocycles. The van der Waals surface area contributed by atoms with Crippen molar-refractivity contribution in [1.29, 1.82) is 0 Å². The Morgan fingerprint density at radius 2 is 2.11 bits per heavy atom. The van der Waals surface area contributed by atoms with Gasteiger partial charge >= 0.3 is 0 Å². The number of carbonyl (C=O) groups is 1. The number of hydrogen-bond acceptors (Lipinski definition) is 4. The van der Waals surface area contributed by atoms with Gasteiger partial charge in [-0.05, 0) is 38.0 Å². The van der Waals surface area contributed by atoms with E-state index in [-0.39, 0.29) is 5.91 Å². The maximum Gasteiger partial charge on any atom is 0.248 e. The van der Waals surface area contributed by atoms with Gasteiger partial charge in [-0.1, -0.05) is 25.4 Å². The average molecular weight is 392 g/mol. The molecular weight excluding hydrogens is 366 g/mol. The summed E-state index contributed by atoms with van der Waals surface area (Å²) in [6.07, 6.45) is 3.13. The summed E-state index contributed by atoms with van der Waals surface area (Å²) >= 11 is 6.39. The van der Waals surface area contributed by atoms with Gasteiger partial charge in [-0.2, -0.15) is 5.10 Å². The smallest absolute Gasteiger partial charge is 0.248 e. The number of aryl methyl sites for hydroxylation is 1. The van der Waals surface area contributed by atoms with Gasteiger partial charge in [0, 0.05) is 29.9 Å².